The van der Waals surface area contributed by atoms with Crippen molar-refractivity contribution < 1.29 is 22.6 Å². The minimum Gasteiger partial charge on any atom is -0.490 e. The number of nitrogens with one attached hydrogen (secondary N) is 1. The highest BCUT2D eigenvalue weighted by atomic mass is 19.4. The zero-order valence-electron chi connectivity index (χ0n) is 11.1. The van der Waals surface area contributed by atoms with Crippen LogP contribution in [0.1, 0.15) is 24.5 Å². The lowest BCUT2D eigenvalue weighted by Crippen LogP contribution is -2.17. The summed E-state index contributed by atoms with van der Waals surface area (Å²) in [6, 6.07) is 2.87. The molecule has 0 saturated heterocycles. The summed E-state index contributed by atoms with van der Waals surface area (Å²) in [5.74, 6) is -0.328. The van der Waals surface area contributed by atoms with Gasteiger partial charge in [0.2, 0.25) is 0 Å². The molecule has 112 valence electrons. The number of alkyl halides is 3. The zero-order chi connectivity index (χ0) is 15.2. The van der Waals surface area contributed by atoms with E-state index >= 15 is 0 Å². The molecule has 0 aliphatic rings. The molecule has 0 heterocycles. The second-order valence-corrected chi connectivity index (χ2v) is 4.08. The lowest BCUT2D eigenvalue weighted by Gasteiger charge is -2.13. The third-order valence-electron chi connectivity index (χ3n) is 2.43. The van der Waals surface area contributed by atoms with Crippen LogP contribution in [0.5, 0.6) is 5.75 Å². The Kier molecular flexibility index (Phi) is 5.82. The minimum atomic E-state index is -4.48. The van der Waals surface area contributed by atoms with Crippen LogP contribution in [0.15, 0.2) is 18.2 Å². The maximum absolute atomic E-state index is 12.6. The van der Waals surface area contributed by atoms with Crippen LogP contribution >= 0.6 is 0 Å². The van der Waals surface area contributed by atoms with Crippen molar-refractivity contribution in [2.45, 2.75) is 19.5 Å². The molecule has 0 spiro atoms. The van der Waals surface area contributed by atoms with Crippen molar-refractivity contribution in [1.82, 2.24) is 0 Å². The van der Waals surface area contributed by atoms with Crippen molar-refractivity contribution in [3.63, 3.8) is 0 Å². The van der Waals surface area contributed by atoms with Crippen LogP contribution in [0, 0.1) is 5.41 Å². The number of amidine groups is 1. The van der Waals surface area contributed by atoms with E-state index in [0.717, 1.165) is 18.6 Å². The average Bonchev–Trinajstić information content (AvgIpc) is 2.37. The van der Waals surface area contributed by atoms with Gasteiger partial charge in [-0.15, -0.1) is 0 Å². The Labute approximate surface area is 115 Å². The van der Waals surface area contributed by atoms with E-state index in [2.05, 4.69) is 0 Å². The Balaban J connectivity index is 2.78. The molecule has 0 aliphatic heterocycles. The molecule has 1 aromatic rings. The van der Waals surface area contributed by atoms with Crippen LogP contribution in [0.4, 0.5) is 13.2 Å². The molecular weight excluding hydrogens is 273 g/mol. The molecule has 0 bridgehead atoms. The Morgan fingerprint density at radius 1 is 1.25 bits per heavy atom. The van der Waals surface area contributed by atoms with Crippen molar-refractivity contribution in [3.05, 3.63) is 29.3 Å². The van der Waals surface area contributed by atoms with Crippen LogP contribution in [-0.2, 0) is 10.9 Å². The highest BCUT2D eigenvalue weighted by Crippen LogP contribution is 2.32. The summed E-state index contributed by atoms with van der Waals surface area (Å²) in [6.07, 6.45) is -3.61. The van der Waals surface area contributed by atoms with Gasteiger partial charge in [0.25, 0.3) is 0 Å². The standard InChI is InChI=1S/C13H17F3N2O2/c1-2-5-19-6-7-20-11-4-3-9(13(14,15)16)8-10(11)12(17)18/h3-4,8H,2,5-7H2,1H3,(H3,17,18). The number of halogens is 3. The molecule has 0 aliphatic carbocycles. The molecule has 3 N–H and O–H groups in total. The number of rotatable bonds is 7. The smallest absolute Gasteiger partial charge is 0.416 e. The highest BCUT2D eigenvalue weighted by Gasteiger charge is 2.31. The fourth-order valence-electron chi connectivity index (χ4n) is 1.50. The van der Waals surface area contributed by atoms with Gasteiger partial charge in [-0.1, -0.05) is 6.92 Å². The molecule has 0 radical (unpaired) electrons. The second-order valence-electron chi connectivity index (χ2n) is 4.08. The van der Waals surface area contributed by atoms with Crippen LogP contribution in [0.2, 0.25) is 0 Å². The third-order valence-corrected chi connectivity index (χ3v) is 2.43. The molecule has 0 aromatic heterocycles. The Bertz CT molecular complexity index is 461. The minimum absolute atomic E-state index is 0.0738. The second kappa shape index (κ2) is 7.14. The summed E-state index contributed by atoms with van der Waals surface area (Å²) in [6.45, 7) is 3.07. The Morgan fingerprint density at radius 2 is 1.95 bits per heavy atom. The van der Waals surface area contributed by atoms with Crippen LogP contribution in [0.3, 0.4) is 0 Å². The summed E-state index contributed by atoms with van der Waals surface area (Å²) in [5, 5.41) is 7.32. The van der Waals surface area contributed by atoms with E-state index in [0.29, 0.717) is 13.2 Å². The van der Waals surface area contributed by atoms with Crippen LogP contribution in [-0.4, -0.2) is 25.7 Å². The molecular formula is C13H17F3N2O2. The molecule has 4 nitrogen and oxygen atoms in total. The number of nitrogens with two attached hydrogens (primary N) is 1. The van der Waals surface area contributed by atoms with Gasteiger partial charge in [0.05, 0.1) is 17.7 Å². The SMILES string of the molecule is CCCOCCOc1ccc(C(F)(F)F)cc1C(=N)N. The number of ether oxygens (including phenoxy) is 2. The monoisotopic (exact) mass is 290 g/mol. The first-order valence-electron chi connectivity index (χ1n) is 6.12. The van der Waals surface area contributed by atoms with Gasteiger partial charge in [-0.3, -0.25) is 5.41 Å². The van der Waals surface area contributed by atoms with E-state index in [1.165, 1.54) is 6.07 Å². The zero-order valence-corrected chi connectivity index (χ0v) is 11.1. The summed E-state index contributed by atoms with van der Waals surface area (Å²) in [7, 11) is 0. The lowest BCUT2D eigenvalue weighted by atomic mass is 10.1. The van der Waals surface area contributed by atoms with Crippen molar-refractivity contribution in [1.29, 1.82) is 5.41 Å². The van der Waals surface area contributed by atoms with E-state index in [1.807, 2.05) is 6.92 Å². The summed E-state index contributed by atoms with van der Waals surface area (Å²) >= 11 is 0. The topological polar surface area (TPSA) is 68.3 Å². The predicted molar refractivity (Wildman–Crippen MR) is 69.1 cm³/mol. The van der Waals surface area contributed by atoms with Crippen molar-refractivity contribution in [2.75, 3.05) is 19.8 Å². The first-order valence-corrected chi connectivity index (χ1v) is 6.12. The summed E-state index contributed by atoms with van der Waals surface area (Å²) in [4.78, 5) is 0. The molecule has 1 rings (SSSR count). The molecule has 7 heteroatoms. The highest BCUT2D eigenvalue weighted by molar-refractivity contribution is 5.97. The van der Waals surface area contributed by atoms with E-state index < -0.39 is 17.6 Å². The first kappa shape index (κ1) is 16.3. The normalized spacial score (nSPS) is 11.4. The largest absolute Gasteiger partial charge is 0.490 e. The fraction of sp³-hybridized carbons (Fsp3) is 0.462. The summed E-state index contributed by atoms with van der Waals surface area (Å²) in [5.41, 5.74) is 4.35. The van der Waals surface area contributed by atoms with Gasteiger partial charge in [0.1, 0.15) is 18.2 Å². The molecule has 0 atom stereocenters. The molecule has 0 unspecified atom stereocenters. The van der Waals surface area contributed by atoms with Crippen molar-refractivity contribution in [2.24, 2.45) is 5.73 Å². The number of benzene rings is 1. The Hall–Kier alpha value is -1.76. The molecule has 0 fully saturated rings. The lowest BCUT2D eigenvalue weighted by molar-refractivity contribution is -0.137. The van der Waals surface area contributed by atoms with Crippen molar-refractivity contribution >= 4 is 5.84 Å². The fourth-order valence-corrected chi connectivity index (χ4v) is 1.50. The van der Waals surface area contributed by atoms with Crippen LogP contribution < -0.4 is 10.5 Å². The average molecular weight is 290 g/mol. The molecule has 0 saturated carbocycles. The van der Waals surface area contributed by atoms with E-state index in [9.17, 15) is 13.2 Å². The molecule has 0 amide bonds. The first-order chi connectivity index (χ1) is 9.36. The van der Waals surface area contributed by atoms with Gasteiger partial charge in [0.15, 0.2) is 0 Å². The van der Waals surface area contributed by atoms with Gasteiger partial charge in [0, 0.05) is 6.61 Å². The third kappa shape index (κ3) is 4.73. The van der Waals surface area contributed by atoms with Gasteiger partial charge >= 0.3 is 6.18 Å². The Morgan fingerprint density at radius 3 is 2.50 bits per heavy atom. The number of nitrogen functional groups attached to an aromatic ring is 1. The van der Waals surface area contributed by atoms with Gasteiger partial charge in [-0.2, -0.15) is 13.2 Å². The predicted octanol–water partition coefficient (Wildman–Crippen LogP) is 2.79. The number of hydrogen-bond donors (Lipinski definition) is 2. The van der Waals surface area contributed by atoms with E-state index in [1.54, 1.807) is 0 Å². The maximum Gasteiger partial charge on any atom is 0.416 e. The van der Waals surface area contributed by atoms with Crippen molar-refractivity contribution in [3.8, 4) is 5.75 Å². The van der Waals surface area contributed by atoms with E-state index in [4.69, 9.17) is 20.6 Å². The van der Waals surface area contributed by atoms with Crippen LogP contribution in [0.25, 0.3) is 0 Å². The molecule has 20 heavy (non-hydrogen) atoms. The molecule has 1 aromatic carbocycles. The van der Waals surface area contributed by atoms with Gasteiger partial charge in [-0.25, -0.2) is 0 Å². The van der Waals surface area contributed by atoms with Gasteiger partial charge in [-0.05, 0) is 24.6 Å². The van der Waals surface area contributed by atoms with E-state index in [-0.39, 0.29) is 17.9 Å². The quantitative estimate of drug-likeness (QED) is 0.461. The number of hydrogen-bond acceptors (Lipinski definition) is 3. The maximum atomic E-state index is 12.6. The van der Waals surface area contributed by atoms with Gasteiger partial charge < -0.3 is 15.2 Å². The summed E-state index contributed by atoms with van der Waals surface area (Å²) < 4.78 is 48.2.